The Labute approximate surface area is 103 Å². The minimum absolute atomic E-state index is 0.0655. The minimum atomic E-state index is -0.562. The lowest BCUT2D eigenvalue weighted by atomic mass is 10.3. The standard InChI is InChI=1S/C12H11FN2O3/c1-2-17-11(16)10-7-18-12(15-10)14-9-5-3-4-8(13)6-9/h3-7H,2H2,1H3,(H,14,15). The van der Waals surface area contributed by atoms with Gasteiger partial charge < -0.3 is 14.5 Å². The molecule has 1 heterocycles. The normalized spacial score (nSPS) is 10.1. The molecule has 0 spiro atoms. The van der Waals surface area contributed by atoms with Gasteiger partial charge in [0.15, 0.2) is 5.69 Å². The van der Waals surface area contributed by atoms with Gasteiger partial charge in [-0.2, -0.15) is 4.98 Å². The lowest BCUT2D eigenvalue weighted by Gasteiger charge is -2.00. The van der Waals surface area contributed by atoms with Gasteiger partial charge >= 0.3 is 5.97 Å². The number of carbonyl (C=O) groups excluding carboxylic acids is 1. The fourth-order valence-electron chi connectivity index (χ4n) is 1.32. The van der Waals surface area contributed by atoms with Crippen LogP contribution in [0, 0.1) is 5.82 Å². The van der Waals surface area contributed by atoms with Crippen molar-refractivity contribution in [2.45, 2.75) is 6.92 Å². The first-order valence-electron chi connectivity index (χ1n) is 5.34. The molecule has 6 heteroatoms. The largest absolute Gasteiger partial charge is 0.461 e. The third kappa shape index (κ3) is 2.85. The average molecular weight is 250 g/mol. The highest BCUT2D eigenvalue weighted by Gasteiger charge is 2.13. The number of carbonyl (C=O) groups is 1. The number of nitrogens with zero attached hydrogens (tertiary/aromatic N) is 1. The van der Waals surface area contributed by atoms with Gasteiger partial charge in [0.25, 0.3) is 6.01 Å². The zero-order valence-corrected chi connectivity index (χ0v) is 9.64. The topological polar surface area (TPSA) is 64.4 Å². The third-order valence-corrected chi connectivity index (χ3v) is 2.06. The first-order valence-corrected chi connectivity index (χ1v) is 5.34. The van der Waals surface area contributed by atoms with Crippen molar-refractivity contribution in [1.29, 1.82) is 0 Å². The predicted molar refractivity (Wildman–Crippen MR) is 62.1 cm³/mol. The van der Waals surface area contributed by atoms with Crippen LogP contribution in [0.1, 0.15) is 17.4 Å². The Morgan fingerprint density at radius 1 is 1.56 bits per heavy atom. The van der Waals surface area contributed by atoms with Crippen LogP contribution >= 0.6 is 0 Å². The molecule has 0 fully saturated rings. The van der Waals surface area contributed by atoms with Gasteiger partial charge in [0, 0.05) is 5.69 Å². The molecule has 18 heavy (non-hydrogen) atoms. The van der Waals surface area contributed by atoms with Crippen molar-refractivity contribution in [3.05, 3.63) is 42.0 Å². The number of oxazole rings is 1. The summed E-state index contributed by atoms with van der Waals surface area (Å²) >= 11 is 0. The van der Waals surface area contributed by atoms with E-state index in [4.69, 9.17) is 9.15 Å². The molecule has 2 rings (SSSR count). The van der Waals surface area contributed by atoms with Crippen molar-refractivity contribution in [3.63, 3.8) is 0 Å². The van der Waals surface area contributed by atoms with Crippen LogP contribution < -0.4 is 5.32 Å². The van der Waals surface area contributed by atoms with Gasteiger partial charge in [-0.05, 0) is 25.1 Å². The Balaban J connectivity index is 2.09. The highest BCUT2D eigenvalue weighted by atomic mass is 19.1. The number of nitrogens with one attached hydrogen (secondary N) is 1. The van der Waals surface area contributed by atoms with Gasteiger partial charge in [0.05, 0.1) is 6.61 Å². The number of rotatable bonds is 4. The van der Waals surface area contributed by atoms with Crippen LogP contribution in [0.25, 0.3) is 0 Å². The second-order valence-corrected chi connectivity index (χ2v) is 3.39. The number of hydrogen-bond donors (Lipinski definition) is 1. The van der Waals surface area contributed by atoms with E-state index in [1.807, 2.05) is 0 Å². The highest BCUT2D eigenvalue weighted by molar-refractivity contribution is 5.87. The zero-order chi connectivity index (χ0) is 13.0. The van der Waals surface area contributed by atoms with Crippen LogP contribution in [-0.2, 0) is 4.74 Å². The Kier molecular flexibility index (Phi) is 3.57. The molecule has 0 radical (unpaired) electrons. The Hall–Kier alpha value is -2.37. The van der Waals surface area contributed by atoms with Gasteiger partial charge in [-0.25, -0.2) is 9.18 Å². The van der Waals surface area contributed by atoms with Crippen molar-refractivity contribution in [2.75, 3.05) is 11.9 Å². The molecule has 0 saturated heterocycles. The Bertz CT molecular complexity index is 554. The maximum atomic E-state index is 12.9. The molecule has 94 valence electrons. The van der Waals surface area contributed by atoms with Crippen LogP contribution in [0.2, 0.25) is 0 Å². The molecular formula is C12H11FN2O3. The summed E-state index contributed by atoms with van der Waals surface area (Å²) in [7, 11) is 0. The number of esters is 1. The van der Waals surface area contributed by atoms with Gasteiger partial charge in [0.1, 0.15) is 12.1 Å². The number of benzene rings is 1. The number of aromatic nitrogens is 1. The fourth-order valence-corrected chi connectivity index (χ4v) is 1.32. The molecule has 0 aliphatic heterocycles. The number of halogens is 1. The SMILES string of the molecule is CCOC(=O)c1coc(Nc2cccc(F)c2)n1. The molecule has 0 bridgehead atoms. The molecule has 1 aromatic heterocycles. The summed E-state index contributed by atoms with van der Waals surface area (Å²) in [4.78, 5) is 15.2. The van der Waals surface area contributed by atoms with Crippen LogP contribution in [0.5, 0.6) is 0 Å². The predicted octanol–water partition coefficient (Wildman–Crippen LogP) is 2.73. The summed E-state index contributed by atoms with van der Waals surface area (Å²) in [6.07, 6.45) is 1.18. The Morgan fingerprint density at radius 2 is 2.39 bits per heavy atom. The average Bonchev–Trinajstić information content (AvgIpc) is 2.78. The van der Waals surface area contributed by atoms with Crippen LogP contribution in [0.15, 0.2) is 34.9 Å². The lowest BCUT2D eigenvalue weighted by Crippen LogP contribution is -2.04. The molecule has 2 aromatic rings. The molecule has 0 atom stereocenters. The summed E-state index contributed by atoms with van der Waals surface area (Å²) in [6, 6.07) is 5.91. The fraction of sp³-hybridized carbons (Fsp3) is 0.167. The second-order valence-electron chi connectivity index (χ2n) is 3.39. The molecule has 0 unspecified atom stereocenters. The highest BCUT2D eigenvalue weighted by Crippen LogP contribution is 2.17. The minimum Gasteiger partial charge on any atom is -0.461 e. The van der Waals surface area contributed by atoms with E-state index < -0.39 is 5.97 Å². The van der Waals surface area contributed by atoms with E-state index >= 15 is 0 Å². The summed E-state index contributed by atoms with van der Waals surface area (Å²) in [6.45, 7) is 1.96. The van der Waals surface area contributed by atoms with E-state index in [-0.39, 0.29) is 24.1 Å². The number of ether oxygens (including phenoxy) is 1. The molecule has 0 aliphatic rings. The zero-order valence-electron chi connectivity index (χ0n) is 9.64. The van der Waals surface area contributed by atoms with Crippen molar-refractivity contribution >= 4 is 17.7 Å². The summed E-state index contributed by atoms with van der Waals surface area (Å²) in [5, 5.41) is 2.74. The number of hydrogen-bond acceptors (Lipinski definition) is 5. The summed E-state index contributed by atoms with van der Waals surface area (Å²) in [5.74, 6) is -0.939. The van der Waals surface area contributed by atoms with E-state index in [2.05, 4.69) is 10.3 Å². The maximum absolute atomic E-state index is 12.9. The first-order chi connectivity index (χ1) is 8.69. The third-order valence-electron chi connectivity index (χ3n) is 2.06. The molecule has 5 nitrogen and oxygen atoms in total. The quantitative estimate of drug-likeness (QED) is 0.845. The van der Waals surface area contributed by atoms with Crippen LogP contribution in [-0.4, -0.2) is 17.6 Å². The number of anilines is 2. The summed E-state index contributed by atoms with van der Waals surface area (Å²) in [5.41, 5.74) is 0.544. The second kappa shape index (κ2) is 5.31. The van der Waals surface area contributed by atoms with Crippen molar-refractivity contribution in [2.24, 2.45) is 0 Å². The molecule has 0 amide bonds. The molecular weight excluding hydrogens is 239 g/mol. The lowest BCUT2D eigenvalue weighted by molar-refractivity contribution is 0.0519. The Morgan fingerprint density at radius 3 is 3.11 bits per heavy atom. The van der Waals surface area contributed by atoms with Gasteiger partial charge in [-0.15, -0.1) is 0 Å². The van der Waals surface area contributed by atoms with E-state index in [9.17, 15) is 9.18 Å². The maximum Gasteiger partial charge on any atom is 0.360 e. The smallest absolute Gasteiger partial charge is 0.360 e. The van der Waals surface area contributed by atoms with E-state index in [1.54, 1.807) is 19.1 Å². The molecule has 1 aromatic carbocycles. The van der Waals surface area contributed by atoms with Crippen molar-refractivity contribution in [3.8, 4) is 0 Å². The van der Waals surface area contributed by atoms with Gasteiger partial charge in [0.2, 0.25) is 0 Å². The van der Waals surface area contributed by atoms with Gasteiger partial charge in [-0.1, -0.05) is 6.07 Å². The monoisotopic (exact) mass is 250 g/mol. The first kappa shape index (κ1) is 12.1. The summed E-state index contributed by atoms with van der Waals surface area (Å²) < 4.78 is 22.7. The van der Waals surface area contributed by atoms with Crippen molar-refractivity contribution < 1.29 is 18.3 Å². The van der Waals surface area contributed by atoms with Crippen LogP contribution in [0.4, 0.5) is 16.1 Å². The van der Waals surface area contributed by atoms with E-state index in [0.717, 1.165) is 0 Å². The molecule has 1 N–H and O–H groups in total. The van der Waals surface area contributed by atoms with Crippen molar-refractivity contribution in [1.82, 2.24) is 4.98 Å². The van der Waals surface area contributed by atoms with E-state index in [0.29, 0.717) is 5.69 Å². The van der Waals surface area contributed by atoms with E-state index in [1.165, 1.54) is 18.4 Å². The molecule has 0 saturated carbocycles. The van der Waals surface area contributed by atoms with Crippen LogP contribution in [0.3, 0.4) is 0 Å². The van der Waals surface area contributed by atoms with Gasteiger partial charge in [-0.3, -0.25) is 0 Å². The molecule has 0 aliphatic carbocycles.